The summed E-state index contributed by atoms with van der Waals surface area (Å²) in [6, 6.07) is 3.03. The zero-order chi connectivity index (χ0) is 18.3. The highest BCUT2D eigenvalue weighted by Crippen LogP contribution is 2.50. The van der Waals surface area contributed by atoms with Crippen LogP contribution in [0.15, 0.2) is 24.3 Å². The van der Waals surface area contributed by atoms with E-state index in [-0.39, 0.29) is 24.1 Å². The molecular formula is C15H15F6NO2. The van der Waals surface area contributed by atoms with Gasteiger partial charge in [-0.1, -0.05) is 12.1 Å². The predicted molar refractivity (Wildman–Crippen MR) is 73.2 cm³/mol. The zero-order valence-corrected chi connectivity index (χ0v) is 12.6. The van der Waals surface area contributed by atoms with Gasteiger partial charge in [0.05, 0.1) is 0 Å². The smallest absolute Gasteiger partial charge is 0.369 e. The number of carbonyl (C=O) groups excluding carboxylic acids is 1. The fraction of sp³-hybridized carbons (Fsp3) is 0.533. The van der Waals surface area contributed by atoms with E-state index in [0.717, 1.165) is 25.0 Å². The number of anilines is 1. The Labute approximate surface area is 133 Å². The lowest BCUT2D eigenvalue weighted by Crippen LogP contribution is -2.53. The zero-order valence-electron chi connectivity index (χ0n) is 12.6. The normalized spacial score (nSPS) is 16.2. The first kappa shape index (κ1) is 18.6. The molecule has 0 saturated heterocycles. The second-order valence-corrected chi connectivity index (χ2v) is 5.61. The molecule has 1 N–H and O–H groups in total. The summed E-state index contributed by atoms with van der Waals surface area (Å²) in [7, 11) is 0. The number of aliphatic hydroxyl groups is 1. The van der Waals surface area contributed by atoms with Crippen molar-refractivity contribution < 1.29 is 36.2 Å². The van der Waals surface area contributed by atoms with Gasteiger partial charge in [-0.3, -0.25) is 4.79 Å². The highest BCUT2D eigenvalue weighted by atomic mass is 19.4. The second-order valence-electron chi connectivity index (χ2n) is 5.61. The van der Waals surface area contributed by atoms with Gasteiger partial charge in [-0.15, -0.1) is 0 Å². The van der Waals surface area contributed by atoms with Crippen LogP contribution >= 0.6 is 0 Å². The minimum atomic E-state index is -5.93. The van der Waals surface area contributed by atoms with Crippen molar-refractivity contribution >= 4 is 11.6 Å². The fourth-order valence-corrected chi connectivity index (χ4v) is 2.39. The van der Waals surface area contributed by atoms with E-state index in [2.05, 4.69) is 0 Å². The first-order valence-electron chi connectivity index (χ1n) is 7.21. The van der Waals surface area contributed by atoms with Crippen molar-refractivity contribution in [3.05, 3.63) is 29.8 Å². The fourth-order valence-electron chi connectivity index (χ4n) is 2.39. The van der Waals surface area contributed by atoms with Crippen LogP contribution in [-0.4, -0.2) is 29.9 Å². The molecule has 0 spiro atoms. The topological polar surface area (TPSA) is 40.5 Å². The Morgan fingerprint density at radius 1 is 1.08 bits per heavy atom. The molecule has 1 fully saturated rings. The van der Waals surface area contributed by atoms with E-state index in [9.17, 15) is 36.2 Å². The maximum Gasteiger partial charge on any atom is 0.430 e. The van der Waals surface area contributed by atoms with Crippen LogP contribution in [0.25, 0.3) is 0 Å². The van der Waals surface area contributed by atoms with Crippen LogP contribution in [-0.2, 0) is 10.4 Å². The van der Waals surface area contributed by atoms with Crippen molar-refractivity contribution in [1.29, 1.82) is 0 Å². The lowest BCUT2D eigenvalue weighted by atomic mass is 9.92. The number of rotatable bonds is 4. The Morgan fingerprint density at radius 3 is 1.88 bits per heavy atom. The molecule has 0 radical (unpaired) electrons. The molecule has 9 heteroatoms. The van der Waals surface area contributed by atoms with Crippen molar-refractivity contribution in [2.24, 2.45) is 5.92 Å². The van der Waals surface area contributed by atoms with Crippen LogP contribution in [0, 0.1) is 5.92 Å². The predicted octanol–water partition coefficient (Wildman–Crippen LogP) is 3.76. The van der Waals surface area contributed by atoms with Crippen LogP contribution in [0.4, 0.5) is 32.0 Å². The molecule has 0 aromatic heterocycles. The summed E-state index contributed by atoms with van der Waals surface area (Å²) in [6.07, 6.45) is -10.4. The first-order chi connectivity index (χ1) is 10.9. The van der Waals surface area contributed by atoms with Gasteiger partial charge < -0.3 is 10.0 Å². The van der Waals surface area contributed by atoms with Crippen LogP contribution in [0.1, 0.15) is 25.3 Å². The van der Waals surface area contributed by atoms with Gasteiger partial charge in [0.25, 0.3) is 5.60 Å². The van der Waals surface area contributed by atoms with Gasteiger partial charge in [0.2, 0.25) is 5.91 Å². The quantitative estimate of drug-likeness (QED) is 0.836. The molecule has 0 heterocycles. The lowest BCUT2D eigenvalue weighted by molar-refractivity contribution is -0.376. The van der Waals surface area contributed by atoms with Gasteiger partial charge in [0.15, 0.2) is 0 Å². The number of alkyl halides is 6. The van der Waals surface area contributed by atoms with Crippen molar-refractivity contribution in [2.75, 3.05) is 11.4 Å². The van der Waals surface area contributed by atoms with Crippen LogP contribution < -0.4 is 4.90 Å². The van der Waals surface area contributed by atoms with Gasteiger partial charge in [-0.2, -0.15) is 26.3 Å². The Bertz CT molecular complexity index is 590. The van der Waals surface area contributed by atoms with E-state index in [0.29, 0.717) is 12.1 Å². The van der Waals surface area contributed by atoms with E-state index in [1.54, 1.807) is 6.92 Å². The van der Waals surface area contributed by atoms with Crippen molar-refractivity contribution in [3.63, 3.8) is 0 Å². The van der Waals surface area contributed by atoms with Crippen molar-refractivity contribution in [2.45, 2.75) is 37.7 Å². The molecule has 24 heavy (non-hydrogen) atoms. The summed E-state index contributed by atoms with van der Waals surface area (Å²) in [6.45, 7) is 1.88. The third-order valence-electron chi connectivity index (χ3n) is 3.93. The molecule has 1 amide bonds. The molecule has 1 aromatic rings. The molecule has 2 rings (SSSR count). The SMILES string of the molecule is CCN(C(=O)C1CC1)c1ccc(C(O)(C(F)(F)F)C(F)(F)F)cc1. The van der Waals surface area contributed by atoms with E-state index in [1.807, 2.05) is 0 Å². The maximum atomic E-state index is 12.8. The molecular weight excluding hydrogens is 340 g/mol. The summed E-state index contributed by atoms with van der Waals surface area (Å²) < 4.78 is 76.9. The molecule has 1 saturated carbocycles. The molecule has 3 nitrogen and oxygen atoms in total. The van der Waals surface area contributed by atoms with Gasteiger partial charge >= 0.3 is 12.4 Å². The van der Waals surface area contributed by atoms with E-state index >= 15 is 0 Å². The molecule has 1 aromatic carbocycles. The molecule has 1 aliphatic carbocycles. The Hall–Kier alpha value is -1.77. The average molecular weight is 355 g/mol. The Morgan fingerprint density at radius 2 is 1.54 bits per heavy atom. The van der Waals surface area contributed by atoms with Crippen LogP contribution in [0.3, 0.4) is 0 Å². The number of carbonyl (C=O) groups is 1. The number of hydrogen-bond acceptors (Lipinski definition) is 2. The first-order valence-corrected chi connectivity index (χ1v) is 7.21. The lowest BCUT2D eigenvalue weighted by Gasteiger charge is -2.33. The van der Waals surface area contributed by atoms with E-state index in [4.69, 9.17) is 0 Å². The highest BCUT2D eigenvalue weighted by molar-refractivity contribution is 5.96. The van der Waals surface area contributed by atoms with E-state index in [1.165, 1.54) is 4.90 Å². The largest absolute Gasteiger partial charge is 0.430 e. The molecule has 0 atom stereocenters. The molecule has 0 aliphatic heterocycles. The third-order valence-corrected chi connectivity index (χ3v) is 3.93. The summed E-state index contributed by atoms with van der Waals surface area (Å²) >= 11 is 0. The molecule has 1 aliphatic rings. The average Bonchev–Trinajstić information content (AvgIpc) is 3.30. The van der Waals surface area contributed by atoms with Gasteiger partial charge in [0.1, 0.15) is 0 Å². The number of amides is 1. The van der Waals surface area contributed by atoms with Crippen molar-refractivity contribution in [1.82, 2.24) is 0 Å². The third kappa shape index (κ3) is 3.09. The van der Waals surface area contributed by atoms with Crippen molar-refractivity contribution in [3.8, 4) is 0 Å². The Kier molecular flexibility index (Phi) is 4.60. The molecule has 0 unspecified atom stereocenters. The monoisotopic (exact) mass is 355 g/mol. The molecule has 134 valence electrons. The van der Waals surface area contributed by atoms with E-state index < -0.39 is 23.5 Å². The minimum Gasteiger partial charge on any atom is -0.369 e. The van der Waals surface area contributed by atoms with Gasteiger partial charge in [-0.05, 0) is 31.9 Å². The van der Waals surface area contributed by atoms with Gasteiger partial charge in [-0.25, -0.2) is 0 Å². The highest BCUT2D eigenvalue weighted by Gasteiger charge is 2.71. The summed E-state index contributed by atoms with van der Waals surface area (Å²) in [5, 5.41) is 9.32. The maximum absolute atomic E-state index is 12.8. The number of halogens is 6. The summed E-state index contributed by atoms with van der Waals surface area (Å²) in [5.74, 6) is -0.362. The summed E-state index contributed by atoms with van der Waals surface area (Å²) in [5.41, 5.74) is -6.12. The molecule has 0 bridgehead atoms. The standard InChI is InChI=1S/C15H15F6NO2/c1-2-22(12(23)9-3-4-9)11-7-5-10(6-8-11)13(24,14(16,17)18)15(19,20)21/h5-9,24H,2-4H2,1H3. The van der Waals surface area contributed by atoms with Crippen LogP contribution in [0.2, 0.25) is 0 Å². The van der Waals surface area contributed by atoms with Crippen LogP contribution in [0.5, 0.6) is 0 Å². The minimum absolute atomic E-state index is 0.146. The second kappa shape index (κ2) is 5.94. The summed E-state index contributed by atoms with van der Waals surface area (Å²) in [4.78, 5) is 13.3. The number of hydrogen-bond donors (Lipinski definition) is 1. The van der Waals surface area contributed by atoms with Gasteiger partial charge in [0, 0.05) is 23.7 Å². The number of nitrogens with zero attached hydrogens (tertiary/aromatic N) is 1. The number of benzene rings is 1. The Balaban J connectivity index is 2.38.